The van der Waals surface area contributed by atoms with Gasteiger partial charge in [-0.1, -0.05) is 39.5 Å². The first kappa shape index (κ1) is 17.9. The molecule has 3 atom stereocenters. The fourth-order valence-corrected chi connectivity index (χ4v) is 3.20. The molecule has 0 heterocycles. The van der Waals surface area contributed by atoms with E-state index in [1.54, 1.807) is 0 Å². The van der Waals surface area contributed by atoms with Crippen molar-refractivity contribution in [3.05, 3.63) is 0 Å². The second kappa shape index (κ2) is 9.75. The van der Waals surface area contributed by atoms with E-state index in [4.69, 9.17) is 4.74 Å². The number of hydrogen-bond donors (Lipinski definition) is 2. The summed E-state index contributed by atoms with van der Waals surface area (Å²) >= 11 is 0. The minimum atomic E-state index is -0.0807. The smallest absolute Gasteiger partial charge is 0.0614 e. The van der Waals surface area contributed by atoms with Crippen molar-refractivity contribution < 1.29 is 9.84 Å². The summed E-state index contributed by atoms with van der Waals surface area (Å²) in [7, 11) is 0. The van der Waals surface area contributed by atoms with E-state index in [-0.39, 0.29) is 12.1 Å². The molecule has 1 saturated carbocycles. The summed E-state index contributed by atoms with van der Waals surface area (Å²) in [5.74, 6) is 0. The van der Waals surface area contributed by atoms with Crippen molar-refractivity contribution in [1.29, 1.82) is 0 Å². The monoisotopic (exact) mass is 285 g/mol. The van der Waals surface area contributed by atoms with Gasteiger partial charge >= 0.3 is 0 Å². The number of unbranched alkanes of at least 4 members (excludes halogenated alkanes) is 3. The van der Waals surface area contributed by atoms with Crippen molar-refractivity contribution >= 4 is 0 Å². The minimum Gasteiger partial charge on any atom is -0.394 e. The zero-order valence-corrected chi connectivity index (χ0v) is 13.8. The molecule has 1 rings (SSSR count). The van der Waals surface area contributed by atoms with Gasteiger partial charge in [0.05, 0.1) is 18.8 Å². The van der Waals surface area contributed by atoms with Crippen molar-refractivity contribution in [1.82, 2.24) is 5.32 Å². The first-order valence-corrected chi connectivity index (χ1v) is 8.67. The Balaban J connectivity index is 2.24. The predicted molar refractivity (Wildman–Crippen MR) is 85.1 cm³/mol. The summed E-state index contributed by atoms with van der Waals surface area (Å²) in [5, 5.41) is 13.2. The maximum Gasteiger partial charge on any atom is 0.0614 e. The SMILES string of the molecule is CCCCCCC(C)OC1CCC(CO)(NCCC)C1. The van der Waals surface area contributed by atoms with Gasteiger partial charge in [0, 0.05) is 5.54 Å². The number of hydrogen-bond acceptors (Lipinski definition) is 3. The van der Waals surface area contributed by atoms with Crippen molar-refractivity contribution in [2.45, 2.75) is 96.3 Å². The highest BCUT2D eigenvalue weighted by molar-refractivity contribution is 4.96. The molecule has 0 bridgehead atoms. The average Bonchev–Trinajstić information content (AvgIpc) is 2.85. The van der Waals surface area contributed by atoms with Gasteiger partial charge in [0.25, 0.3) is 0 Å². The molecule has 0 aromatic heterocycles. The van der Waals surface area contributed by atoms with Gasteiger partial charge in [-0.3, -0.25) is 0 Å². The summed E-state index contributed by atoms with van der Waals surface area (Å²) < 4.78 is 6.18. The summed E-state index contributed by atoms with van der Waals surface area (Å²) in [4.78, 5) is 0. The van der Waals surface area contributed by atoms with E-state index in [9.17, 15) is 5.11 Å². The van der Waals surface area contributed by atoms with Gasteiger partial charge in [-0.15, -0.1) is 0 Å². The lowest BCUT2D eigenvalue weighted by Crippen LogP contribution is -2.47. The molecule has 0 saturated heterocycles. The minimum absolute atomic E-state index is 0.0807. The summed E-state index contributed by atoms with van der Waals surface area (Å²) in [6.07, 6.45) is 11.3. The van der Waals surface area contributed by atoms with Crippen LogP contribution in [0.25, 0.3) is 0 Å². The molecule has 1 aliphatic rings. The zero-order chi connectivity index (χ0) is 14.8. The predicted octanol–water partition coefficient (Wildman–Crippen LogP) is 3.65. The molecule has 120 valence electrons. The summed E-state index contributed by atoms with van der Waals surface area (Å²) in [6, 6.07) is 0. The molecule has 1 fully saturated rings. The van der Waals surface area contributed by atoms with Crippen LogP contribution in [0.3, 0.4) is 0 Å². The van der Waals surface area contributed by atoms with E-state index >= 15 is 0 Å². The highest BCUT2D eigenvalue weighted by Crippen LogP contribution is 2.32. The highest BCUT2D eigenvalue weighted by Gasteiger charge is 2.39. The molecule has 3 heteroatoms. The van der Waals surface area contributed by atoms with Gasteiger partial charge < -0.3 is 15.2 Å². The Morgan fingerprint density at radius 2 is 2.05 bits per heavy atom. The second-order valence-corrected chi connectivity index (χ2v) is 6.53. The Bertz CT molecular complexity index is 247. The molecule has 0 aromatic rings. The Hall–Kier alpha value is -0.120. The Morgan fingerprint density at radius 3 is 2.70 bits per heavy atom. The number of nitrogens with one attached hydrogen (secondary N) is 1. The van der Waals surface area contributed by atoms with Crippen molar-refractivity contribution in [2.24, 2.45) is 0 Å². The molecule has 1 aliphatic carbocycles. The second-order valence-electron chi connectivity index (χ2n) is 6.53. The van der Waals surface area contributed by atoms with Crippen molar-refractivity contribution in [2.75, 3.05) is 13.2 Å². The molecular formula is C17H35NO2. The number of rotatable bonds is 11. The van der Waals surface area contributed by atoms with Crippen LogP contribution in [-0.2, 0) is 4.74 Å². The number of aliphatic hydroxyl groups excluding tert-OH is 1. The lowest BCUT2D eigenvalue weighted by Gasteiger charge is -2.29. The van der Waals surface area contributed by atoms with Gasteiger partial charge in [0.2, 0.25) is 0 Å². The molecule has 20 heavy (non-hydrogen) atoms. The molecule has 2 N–H and O–H groups in total. The van der Waals surface area contributed by atoms with Crippen LogP contribution < -0.4 is 5.32 Å². The van der Waals surface area contributed by atoms with Crippen LogP contribution in [0, 0.1) is 0 Å². The van der Waals surface area contributed by atoms with Crippen LogP contribution in [-0.4, -0.2) is 36.0 Å². The van der Waals surface area contributed by atoms with Crippen molar-refractivity contribution in [3.8, 4) is 0 Å². The molecule has 0 radical (unpaired) electrons. The molecule has 3 nitrogen and oxygen atoms in total. The fourth-order valence-electron chi connectivity index (χ4n) is 3.20. The largest absolute Gasteiger partial charge is 0.394 e. The van der Waals surface area contributed by atoms with Gasteiger partial charge in [-0.25, -0.2) is 0 Å². The lowest BCUT2D eigenvalue weighted by molar-refractivity contribution is -0.00934. The average molecular weight is 285 g/mol. The van der Waals surface area contributed by atoms with Gasteiger partial charge in [-0.05, 0) is 45.6 Å². The summed E-state index contributed by atoms with van der Waals surface area (Å²) in [5.41, 5.74) is -0.0807. The maximum atomic E-state index is 9.68. The standard InChI is InChI=1S/C17H35NO2/c1-4-6-7-8-9-15(3)20-16-10-11-17(13-16,14-19)18-12-5-2/h15-16,18-19H,4-14H2,1-3H3. The van der Waals surface area contributed by atoms with Gasteiger partial charge in [-0.2, -0.15) is 0 Å². The van der Waals surface area contributed by atoms with Gasteiger partial charge in [0.1, 0.15) is 0 Å². The fraction of sp³-hybridized carbons (Fsp3) is 1.00. The van der Waals surface area contributed by atoms with E-state index in [0.717, 1.165) is 32.2 Å². The third kappa shape index (κ3) is 6.11. The first-order valence-electron chi connectivity index (χ1n) is 8.67. The van der Waals surface area contributed by atoms with Crippen molar-refractivity contribution in [3.63, 3.8) is 0 Å². The van der Waals surface area contributed by atoms with Crippen LogP contribution >= 0.6 is 0 Å². The molecule has 3 unspecified atom stereocenters. The number of aliphatic hydroxyl groups is 1. The van der Waals surface area contributed by atoms with Crippen LogP contribution in [0.1, 0.15) is 78.6 Å². The maximum absolute atomic E-state index is 9.68. The van der Waals surface area contributed by atoms with E-state index < -0.39 is 0 Å². The van der Waals surface area contributed by atoms with Crippen LogP contribution in [0.5, 0.6) is 0 Å². The summed E-state index contributed by atoms with van der Waals surface area (Å²) in [6.45, 7) is 7.83. The van der Waals surface area contributed by atoms with E-state index in [1.807, 2.05) is 0 Å². The van der Waals surface area contributed by atoms with E-state index in [0.29, 0.717) is 12.2 Å². The molecule has 0 aromatic carbocycles. The third-order valence-electron chi connectivity index (χ3n) is 4.50. The normalized spacial score (nSPS) is 27.9. The Kier molecular flexibility index (Phi) is 8.74. The molecule has 0 spiro atoms. The lowest BCUT2D eigenvalue weighted by atomic mass is 9.98. The zero-order valence-electron chi connectivity index (χ0n) is 13.8. The van der Waals surface area contributed by atoms with E-state index in [1.165, 1.54) is 32.1 Å². The van der Waals surface area contributed by atoms with E-state index in [2.05, 4.69) is 26.1 Å². The van der Waals surface area contributed by atoms with Crippen LogP contribution in [0.4, 0.5) is 0 Å². The van der Waals surface area contributed by atoms with Gasteiger partial charge in [0.15, 0.2) is 0 Å². The highest BCUT2D eigenvalue weighted by atomic mass is 16.5. The third-order valence-corrected chi connectivity index (χ3v) is 4.50. The first-order chi connectivity index (χ1) is 9.65. The Morgan fingerprint density at radius 1 is 1.25 bits per heavy atom. The topological polar surface area (TPSA) is 41.5 Å². The van der Waals surface area contributed by atoms with Crippen LogP contribution in [0.2, 0.25) is 0 Å². The number of ether oxygens (including phenoxy) is 1. The molecule has 0 amide bonds. The quantitative estimate of drug-likeness (QED) is 0.569. The Labute approximate surface area is 125 Å². The van der Waals surface area contributed by atoms with Crippen LogP contribution in [0.15, 0.2) is 0 Å². The molecule has 0 aliphatic heterocycles. The molecular weight excluding hydrogens is 250 g/mol.